The van der Waals surface area contributed by atoms with Gasteiger partial charge in [-0.2, -0.15) is 15.0 Å². The zero-order valence-electron chi connectivity index (χ0n) is 11.6. The lowest BCUT2D eigenvalue weighted by Crippen LogP contribution is -2.15. The summed E-state index contributed by atoms with van der Waals surface area (Å²) in [6.45, 7) is 5.76. The third-order valence-corrected chi connectivity index (χ3v) is 2.87. The molecule has 7 nitrogen and oxygen atoms in total. The number of hydrogen-bond donors (Lipinski definition) is 2. The van der Waals surface area contributed by atoms with Gasteiger partial charge in [-0.3, -0.25) is 4.21 Å². The number of hydrogen-bond acceptors (Lipinski definition) is 7. The third kappa shape index (κ3) is 6.32. The van der Waals surface area contributed by atoms with Gasteiger partial charge in [-0.25, -0.2) is 0 Å². The smallest absolute Gasteiger partial charge is 0.323 e. The molecule has 1 aromatic heterocycles. The second-order valence-corrected chi connectivity index (χ2v) is 5.38. The molecule has 0 aliphatic rings. The number of nitrogens with zero attached hydrogens (tertiary/aromatic N) is 3. The van der Waals surface area contributed by atoms with E-state index in [4.69, 9.17) is 4.74 Å². The van der Waals surface area contributed by atoms with E-state index in [0.29, 0.717) is 30.8 Å². The highest BCUT2D eigenvalue weighted by molar-refractivity contribution is 7.84. The molecule has 0 radical (unpaired) electrons. The summed E-state index contributed by atoms with van der Waals surface area (Å²) < 4.78 is 16.3. The van der Waals surface area contributed by atoms with Crippen molar-refractivity contribution in [2.45, 2.75) is 20.3 Å². The number of anilines is 2. The van der Waals surface area contributed by atoms with Gasteiger partial charge in [0.05, 0.1) is 6.61 Å². The Morgan fingerprint density at radius 3 is 2.26 bits per heavy atom. The summed E-state index contributed by atoms with van der Waals surface area (Å²) >= 11 is 0. The maximum atomic E-state index is 11.0. The van der Waals surface area contributed by atoms with E-state index in [1.54, 1.807) is 6.26 Å². The Morgan fingerprint density at radius 1 is 1.11 bits per heavy atom. The maximum Gasteiger partial charge on any atom is 0.323 e. The summed E-state index contributed by atoms with van der Waals surface area (Å²) in [5, 5.41) is 6.11. The summed E-state index contributed by atoms with van der Waals surface area (Å²) in [6.07, 6.45) is 2.64. The second kappa shape index (κ2) is 8.63. The van der Waals surface area contributed by atoms with Gasteiger partial charge in [0, 0.05) is 35.9 Å². The van der Waals surface area contributed by atoms with Crippen molar-refractivity contribution < 1.29 is 8.95 Å². The van der Waals surface area contributed by atoms with Crippen LogP contribution in [-0.2, 0) is 10.8 Å². The van der Waals surface area contributed by atoms with Crippen LogP contribution in [0.2, 0.25) is 0 Å². The van der Waals surface area contributed by atoms with Crippen molar-refractivity contribution in [1.82, 2.24) is 15.0 Å². The minimum absolute atomic E-state index is 0.288. The highest BCUT2D eigenvalue weighted by Crippen LogP contribution is 2.11. The maximum absolute atomic E-state index is 11.0. The molecule has 0 aliphatic heterocycles. The lowest BCUT2D eigenvalue weighted by molar-refractivity contribution is 0.312. The lowest BCUT2D eigenvalue weighted by atomic mass is 10.5. The van der Waals surface area contributed by atoms with E-state index in [0.717, 1.165) is 13.0 Å². The van der Waals surface area contributed by atoms with Crippen LogP contribution in [-0.4, -0.2) is 50.9 Å². The zero-order chi connectivity index (χ0) is 14.1. The molecular weight excluding hydrogens is 266 g/mol. The summed E-state index contributed by atoms with van der Waals surface area (Å²) in [5.74, 6) is 1.47. The molecule has 0 spiro atoms. The number of rotatable bonds is 9. The molecule has 0 saturated carbocycles. The van der Waals surface area contributed by atoms with Crippen LogP contribution in [0.4, 0.5) is 11.9 Å². The number of ether oxygens (including phenoxy) is 1. The summed E-state index contributed by atoms with van der Waals surface area (Å²) in [4.78, 5) is 12.5. The molecule has 0 amide bonds. The zero-order valence-corrected chi connectivity index (χ0v) is 12.4. The van der Waals surface area contributed by atoms with Crippen LogP contribution in [0.1, 0.15) is 20.3 Å². The normalized spacial score (nSPS) is 11.9. The fourth-order valence-electron chi connectivity index (χ4n) is 1.25. The third-order valence-electron chi connectivity index (χ3n) is 2.09. The minimum Gasteiger partial charge on any atom is -0.464 e. The Morgan fingerprint density at radius 2 is 1.74 bits per heavy atom. The van der Waals surface area contributed by atoms with Crippen LogP contribution in [0.5, 0.6) is 6.01 Å². The molecule has 1 heterocycles. The van der Waals surface area contributed by atoms with Crippen molar-refractivity contribution >= 4 is 22.7 Å². The molecule has 0 saturated heterocycles. The van der Waals surface area contributed by atoms with Crippen LogP contribution in [0.25, 0.3) is 0 Å². The Labute approximate surface area is 116 Å². The van der Waals surface area contributed by atoms with Gasteiger partial charge in [0.2, 0.25) is 11.9 Å². The first-order chi connectivity index (χ1) is 9.15. The first-order valence-electron chi connectivity index (χ1n) is 6.32. The van der Waals surface area contributed by atoms with E-state index in [-0.39, 0.29) is 6.01 Å². The van der Waals surface area contributed by atoms with E-state index in [9.17, 15) is 4.21 Å². The van der Waals surface area contributed by atoms with Crippen molar-refractivity contribution in [3.63, 3.8) is 0 Å². The van der Waals surface area contributed by atoms with Gasteiger partial charge < -0.3 is 15.4 Å². The monoisotopic (exact) mass is 287 g/mol. The van der Waals surface area contributed by atoms with Crippen LogP contribution in [0.15, 0.2) is 0 Å². The fourth-order valence-corrected chi connectivity index (χ4v) is 1.64. The van der Waals surface area contributed by atoms with Gasteiger partial charge in [-0.1, -0.05) is 6.92 Å². The van der Waals surface area contributed by atoms with Crippen LogP contribution >= 0.6 is 0 Å². The average molecular weight is 287 g/mol. The van der Waals surface area contributed by atoms with Crippen LogP contribution < -0.4 is 15.4 Å². The standard InChI is InChI=1S/C11H21N5O2S/c1-4-6-12-9-14-10(13-7-8-19(3)17)16-11(15-9)18-5-2/h4-8H2,1-3H3,(H2,12,13,14,15,16). The van der Waals surface area contributed by atoms with Crippen molar-refractivity contribution in [2.24, 2.45) is 0 Å². The highest BCUT2D eigenvalue weighted by Gasteiger charge is 2.06. The predicted octanol–water partition coefficient (Wildman–Crippen LogP) is 0.883. The first kappa shape index (κ1) is 15.6. The Hall–Kier alpha value is -1.44. The molecule has 1 aromatic rings. The van der Waals surface area contributed by atoms with Crippen molar-refractivity contribution in [3.8, 4) is 6.01 Å². The van der Waals surface area contributed by atoms with Gasteiger partial charge in [0.1, 0.15) is 0 Å². The molecule has 108 valence electrons. The molecule has 8 heteroatoms. The molecule has 1 unspecified atom stereocenters. The van der Waals surface area contributed by atoms with Crippen LogP contribution in [0, 0.1) is 0 Å². The minimum atomic E-state index is -0.839. The van der Waals surface area contributed by atoms with Crippen molar-refractivity contribution in [1.29, 1.82) is 0 Å². The van der Waals surface area contributed by atoms with E-state index in [1.807, 2.05) is 6.92 Å². The van der Waals surface area contributed by atoms with Gasteiger partial charge in [-0.15, -0.1) is 0 Å². The van der Waals surface area contributed by atoms with E-state index in [1.165, 1.54) is 0 Å². The fraction of sp³-hybridized carbons (Fsp3) is 0.727. The number of nitrogens with one attached hydrogen (secondary N) is 2. The van der Waals surface area contributed by atoms with Gasteiger partial charge in [0.15, 0.2) is 0 Å². The molecule has 19 heavy (non-hydrogen) atoms. The Bertz CT molecular complexity index is 416. The van der Waals surface area contributed by atoms with Crippen molar-refractivity contribution in [3.05, 3.63) is 0 Å². The molecule has 0 bridgehead atoms. The summed E-state index contributed by atoms with van der Waals surface area (Å²) in [6, 6.07) is 0.288. The van der Waals surface area contributed by atoms with E-state index in [2.05, 4.69) is 32.5 Å². The second-order valence-electron chi connectivity index (χ2n) is 3.83. The van der Waals surface area contributed by atoms with Gasteiger partial charge >= 0.3 is 6.01 Å². The molecule has 1 rings (SSSR count). The molecule has 0 aromatic carbocycles. The SMILES string of the molecule is CCCNc1nc(NCCS(C)=O)nc(OCC)n1. The van der Waals surface area contributed by atoms with E-state index >= 15 is 0 Å². The average Bonchev–Trinajstić information content (AvgIpc) is 2.36. The topological polar surface area (TPSA) is 89.0 Å². The van der Waals surface area contributed by atoms with Gasteiger partial charge in [0.25, 0.3) is 0 Å². The van der Waals surface area contributed by atoms with Crippen LogP contribution in [0.3, 0.4) is 0 Å². The summed E-state index contributed by atoms with van der Waals surface area (Å²) in [7, 11) is -0.839. The van der Waals surface area contributed by atoms with Crippen molar-refractivity contribution in [2.75, 3.05) is 42.3 Å². The predicted molar refractivity (Wildman–Crippen MR) is 77.2 cm³/mol. The quantitative estimate of drug-likeness (QED) is 0.697. The Balaban J connectivity index is 2.71. The number of aromatic nitrogens is 3. The first-order valence-corrected chi connectivity index (χ1v) is 8.05. The summed E-state index contributed by atoms with van der Waals surface area (Å²) in [5.41, 5.74) is 0. The molecule has 2 N–H and O–H groups in total. The van der Waals surface area contributed by atoms with E-state index < -0.39 is 10.8 Å². The Kier molecular flexibility index (Phi) is 7.09. The molecule has 1 atom stereocenters. The molecular formula is C11H21N5O2S. The molecule has 0 fully saturated rings. The van der Waals surface area contributed by atoms with Gasteiger partial charge in [-0.05, 0) is 13.3 Å². The lowest BCUT2D eigenvalue weighted by Gasteiger charge is -2.09. The highest BCUT2D eigenvalue weighted by atomic mass is 32.2. The molecule has 0 aliphatic carbocycles. The largest absolute Gasteiger partial charge is 0.464 e.